The summed E-state index contributed by atoms with van der Waals surface area (Å²) < 4.78 is 0. The molecule has 0 unspecified atom stereocenters. The fourth-order valence-corrected chi connectivity index (χ4v) is 2.36. The van der Waals surface area contributed by atoms with Gasteiger partial charge >= 0.3 is 0 Å². The minimum atomic E-state index is -0.414. The molecule has 1 fully saturated rings. The van der Waals surface area contributed by atoms with E-state index in [2.05, 4.69) is 5.32 Å². The SMILES string of the molecule is NC1CN(c2cc3c(cc2[N+](=O)[O-])CC(=O)N3)C1. The number of nitrogens with one attached hydrogen (secondary N) is 1. The molecule has 2 aliphatic rings. The lowest BCUT2D eigenvalue weighted by atomic mass is 10.0. The lowest BCUT2D eigenvalue weighted by Crippen LogP contribution is -2.56. The van der Waals surface area contributed by atoms with Gasteiger partial charge in [0.1, 0.15) is 5.69 Å². The van der Waals surface area contributed by atoms with Gasteiger partial charge in [-0.05, 0) is 11.6 Å². The van der Waals surface area contributed by atoms with E-state index in [1.54, 1.807) is 6.07 Å². The molecule has 3 rings (SSSR count). The number of nitro groups is 1. The minimum absolute atomic E-state index is 0.0390. The molecule has 2 heterocycles. The number of benzene rings is 1. The highest BCUT2D eigenvalue weighted by Crippen LogP contribution is 2.38. The second kappa shape index (κ2) is 3.67. The molecular formula is C11H12N4O3. The largest absolute Gasteiger partial charge is 0.363 e. The highest BCUT2D eigenvalue weighted by molar-refractivity contribution is 6.00. The van der Waals surface area contributed by atoms with E-state index in [1.165, 1.54) is 6.07 Å². The Morgan fingerprint density at radius 2 is 2.17 bits per heavy atom. The smallest absolute Gasteiger partial charge is 0.292 e. The Balaban J connectivity index is 2.04. The molecule has 7 heteroatoms. The maximum absolute atomic E-state index is 11.3. The van der Waals surface area contributed by atoms with Crippen molar-refractivity contribution in [1.29, 1.82) is 0 Å². The minimum Gasteiger partial charge on any atom is -0.363 e. The summed E-state index contributed by atoms with van der Waals surface area (Å²) in [5.74, 6) is -0.128. The molecule has 0 radical (unpaired) electrons. The van der Waals surface area contributed by atoms with Gasteiger partial charge in [-0.15, -0.1) is 0 Å². The summed E-state index contributed by atoms with van der Waals surface area (Å²) in [6, 6.07) is 3.21. The third-order valence-electron chi connectivity index (χ3n) is 3.27. The van der Waals surface area contributed by atoms with Gasteiger partial charge in [0, 0.05) is 30.9 Å². The van der Waals surface area contributed by atoms with E-state index in [9.17, 15) is 14.9 Å². The summed E-state index contributed by atoms with van der Waals surface area (Å²) in [5.41, 5.74) is 7.60. The summed E-state index contributed by atoms with van der Waals surface area (Å²) in [6.45, 7) is 1.21. The van der Waals surface area contributed by atoms with E-state index in [0.29, 0.717) is 30.0 Å². The van der Waals surface area contributed by atoms with Crippen molar-refractivity contribution in [2.75, 3.05) is 23.3 Å². The molecule has 3 N–H and O–H groups in total. The summed E-state index contributed by atoms with van der Waals surface area (Å²) in [5, 5.41) is 13.8. The Kier molecular flexibility index (Phi) is 2.24. The number of anilines is 2. The van der Waals surface area contributed by atoms with Crippen LogP contribution in [-0.2, 0) is 11.2 Å². The van der Waals surface area contributed by atoms with Crippen LogP contribution in [0.25, 0.3) is 0 Å². The van der Waals surface area contributed by atoms with Gasteiger partial charge in [-0.3, -0.25) is 14.9 Å². The van der Waals surface area contributed by atoms with E-state index in [1.807, 2.05) is 4.90 Å². The van der Waals surface area contributed by atoms with Crippen LogP contribution in [0.3, 0.4) is 0 Å². The molecule has 0 bridgehead atoms. The lowest BCUT2D eigenvalue weighted by Gasteiger charge is -2.38. The van der Waals surface area contributed by atoms with Crippen molar-refractivity contribution in [2.45, 2.75) is 12.5 Å². The second-order valence-corrected chi connectivity index (χ2v) is 4.65. The van der Waals surface area contributed by atoms with E-state index in [-0.39, 0.29) is 24.1 Å². The zero-order valence-corrected chi connectivity index (χ0v) is 9.55. The molecule has 0 aromatic heterocycles. The third-order valence-corrected chi connectivity index (χ3v) is 3.27. The first-order valence-corrected chi connectivity index (χ1v) is 5.66. The normalized spacial score (nSPS) is 18.3. The standard InChI is InChI=1S/C11H12N4O3/c12-7-4-14(5-7)9-3-8-6(2-11(16)13-8)1-10(9)15(17)18/h1,3,7H,2,4-5,12H2,(H,13,16). The Morgan fingerprint density at radius 1 is 1.44 bits per heavy atom. The number of carbonyl (C=O) groups is 1. The summed E-state index contributed by atoms with van der Waals surface area (Å²) in [4.78, 5) is 23.8. The summed E-state index contributed by atoms with van der Waals surface area (Å²) in [7, 11) is 0. The van der Waals surface area contributed by atoms with Crippen molar-refractivity contribution in [3.8, 4) is 0 Å². The van der Waals surface area contributed by atoms with Crippen LogP contribution in [0.4, 0.5) is 17.1 Å². The maximum atomic E-state index is 11.3. The van der Waals surface area contributed by atoms with Crippen LogP contribution >= 0.6 is 0 Å². The summed E-state index contributed by atoms with van der Waals surface area (Å²) in [6.07, 6.45) is 0.204. The van der Waals surface area contributed by atoms with Crippen molar-refractivity contribution < 1.29 is 9.72 Å². The fraction of sp³-hybridized carbons (Fsp3) is 0.364. The van der Waals surface area contributed by atoms with Crippen LogP contribution in [0.1, 0.15) is 5.56 Å². The van der Waals surface area contributed by atoms with Crippen molar-refractivity contribution in [3.63, 3.8) is 0 Å². The first kappa shape index (κ1) is 11.0. The monoisotopic (exact) mass is 248 g/mol. The molecule has 1 aromatic rings. The predicted octanol–water partition coefficient (Wildman–Crippen LogP) is 0.237. The van der Waals surface area contributed by atoms with Gasteiger partial charge in [0.05, 0.1) is 11.3 Å². The van der Waals surface area contributed by atoms with Crippen LogP contribution in [0, 0.1) is 10.1 Å². The average molecular weight is 248 g/mol. The highest BCUT2D eigenvalue weighted by atomic mass is 16.6. The maximum Gasteiger partial charge on any atom is 0.292 e. The number of hydrogen-bond acceptors (Lipinski definition) is 5. The van der Waals surface area contributed by atoms with Crippen LogP contribution in [0.15, 0.2) is 12.1 Å². The van der Waals surface area contributed by atoms with Crippen molar-refractivity contribution in [3.05, 3.63) is 27.8 Å². The fourth-order valence-electron chi connectivity index (χ4n) is 2.36. The Bertz CT molecular complexity index is 551. The molecule has 94 valence electrons. The lowest BCUT2D eigenvalue weighted by molar-refractivity contribution is -0.384. The molecule has 0 saturated carbocycles. The van der Waals surface area contributed by atoms with Crippen LogP contribution in [0.2, 0.25) is 0 Å². The number of carbonyl (C=O) groups excluding carboxylic acids is 1. The molecule has 1 saturated heterocycles. The van der Waals surface area contributed by atoms with Gasteiger partial charge in [0.25, 0.3) is 5.69 Å². The number of rotatable bonds is 2. The average Bonchev–Trinajstić information content (AvgIpc) is 2.62. The third kappa shape index (κ3) is 1.60. The molecule has 2 aliphatic heterocycles. The van der Waals surface area contributed by atoms with E-state index in [4.69, 9.17) is 5.73 Å². The van der Waals surface area contributed by atoms with Gasteiger partial charge < -0.3 is 16.0 Å². The van der Waals surface area contributed by atoms with Crippen LogP contribution in [0.5, 0.6) is 0 Å². The van der Waals surface area contributed by atoms with Gasteiger partial charge in [-0.1, -0.05) is 0 Å². The van der Waals surface area contributed by atoms with E-state index >= 15 is 0 Å². The van der Waals surface area contributed by atoms with Gasteiger partial charge in [-0.2, -0.15) is 0 Å². The number of hydrogen-bond donors (Lipinski definition) is 2. The van der Waals surface area contributed by atoms with Crippen molar-refractivity contribution in [2.24, 2.45) is 5.73 Å². The number of nitro benzene ring substituents is 1. The van der Waals surface area contributed by atoms with Crippen LogP contribution in [-0.4, -0.2) is 30.0 Å². The molecule has 0 atom stereocenters. The second-order valence-electron chi connectivity index (χ2n) is 4.65. The van der Waals surface area contributed by atoms with Crippen LogP contribution < -0.4 is 16.0 Å². The highest BCUT2D eigenvalue weighted by Gasteiger charge is 2.32. The van der Waals surface area contributed by atoms with E-state index in [0.717, 1.165) is 0 Å². The summed E-state index contributed by atoms with van der Waals surface area (Å²) >= 11 is 0. The molecular weight excluding hydrogens is 236 g/mol. The Morgan fingerprint density at radius 3 is 2.78 bits per heavy atom. The molecule has 1 aromatic carbocycles. The van der Waals surface area contributed by atoms with Gasteiger partial charge in [-0.25, -0.2) is 0 Å². The van der Waals surface area contributed by atoms with Gasteiger partial charge in [0.15, 0.2) is 0 Å². The molecule has 7 nitrogen and oxygen atoms in total. The van der Waals surface area contributed by atoms with Crippen molar-refractivity contribution in [1.82, 2.24) is 0 Å². The molecule has 18 heavy (non-hydrogen) atoms. The topological polar surface area (TPSA) is 102 Å². The Labute approximate surface area is 103 Å². The van der Waals surface area contributed by atoms with Crippen molar-refractivity contribution >= 4 is 23.0 Å². The number of nitrogens with zero attached hydrogens (tertiary/aromatic N) is 2. The first-order valence-electron chi connectivity index (χ1n) is 5.66. The number of fused-ring (bicyclic) bond motifs is 1. The quantitative estimate of drug-likeness (QED) is 0.576. The number of nitrogens with two attached hydrogens (primary N) is 1. The molecule has 0 aliphatic carbocycles. The number of amides is 1. The zero-order valence-electron chi connectivity index (χ0n) is 9.55. The predicted molar refractivity (Wildman–Crippen MR) is 65.6 cm³/mol. The van der Waals surface area contributed by atoms with Gasteiger partial charge in [0.2, 0.25) is 5.91 Å². The molecule has 0 spiro atoms. The molecule has 1 amide bonds. The zero-order chi connectivity index (χ0) is 12.9. The Hall–Kier alpha value is -2.15. The first-order chi connectivity index (χ1) is 8.54. The van der Waals surface area contributed by atoms with E-state index < -0.39 is 4.92 Å².